The molecule has 0 saturated carbocycles. The highest BCUT2D eigenvalue weighted by atomic mass is 16.2. The quantitative estimate of drug-likeness (QED) is 0.604. The maximum atomic E-state index is 12.2. The summed E-state index contributed by atoms with van der Waals surface area (Å²) in [6, 6.07) is 12.2. The topological polar surface area (TPSA) is 99.3 Å². The van der Waals surface area contributed by atoms with Crippen LogP contribution in [-0.4, -0.2) is 30.8 Å². The monoisotopic (exact) mass is 368 g/mol. The van der Waals surface area contributed by atoms with Gasteiger partial charge < -0.3 is 21.3 Å². The van der Waals surface area contributed by atoms with Crippen LogP contribution in [0.15, 0.2) is 42.5 Å². The summed E-state index contributed by atoms with van der Waals surface area (Å²) < 4.78 is 0. The molecule has 0 spiro atoms. The summed E-state index contributed by atoms with van der Waals surface area (Å²) >= 11 is 0. The summed E-state index contributed by atoms with van der Waals surface area (Å²) in [5, 5.41) is 11.3. The molecule has 0 fully saturated rings. The molecule has 0 unspecified atom stereocenters. The van der Waals surface area contributed by atoms with E-state index in [4.69, 9.17) is 0 Å². The molecule has 2 aromatic rings. The number of amides is 3. The SMILES string of the molecule is CCNC(=O)c1cccc(NC(=O)CNc2cccc(NC(C)=O)c2C)c1. The predicted octanol–water partition coefficient (Wildman–Crippen LogP) is 2.75. The van der Waals surface area contributed by atoms with Crippen LogP contribution in [0.5, 0.6) is 0 Å². The van der Waals surface area contributed by atoms with E-state index in [0.717, 1.165) is 11.3 Å². The second-order valence-electron chi connectivity index (χ2n) is 6.00. The van der Waals surface area contributed by atoms with Gasteiger partial charge in [0.15, 0.2) is 0 Å². The van der Waals surface area contributed by atoms with E-state index in [1.54, 1.807) is 36.4 Å². The van der Waals surface area contributed by atoms with Gasteiger partial charge in [-0.25, -0.2) is 0 Å². The standard InChI is InChI=1S/C20H24N4O3/c1-4-21-20(27)15-7-5-8-16(11-15)24-19(26)12-22-17-9-6-10-18(13(17)2)23-14(3)25/h5-11,22H,4,12H2,1-3H3,(H,21,27)(H,23,25)(H,24,26). The van der Waals surface area contributed by atoms with Crippen molar-refractivity contribution in [2.75, 3.05) is 29.0 Å². The van der Waals surface area contributed by atoms with E-state index in [0.29, 0.717) is 23.5 Å². The fourth-order valence-corrected chi connectivity index (χ4v) is 2.53. The Morgan fingerprint density at radius 1 is 0.963 bits per heavy atom. The molecule has 0 aliphatic heterocycles. The van der Waals surface area contributed by atoms with E-state index in [2.05, 4.69) is 21.3 Å². The van der Waals surface area contributed by atoms with Gasteiger partial charge in [0.1, 0.15) is 0 Å². The fraction of sp³-hybridized carbons (Fsp3) is 0.250. The predicted molar refractivity (Wildman–Crippen MR) is 107 cm³/mol. The Kier molecular flexibility index (Phi) is 6.93. The third-order valence-electron chi connectivity index (χ3n) is 3.83. The number of rotatable bonds is 7. The first-order chi connectivity index (χ1) is 12.9. The molecule has 2 rings (SSSR count). The van der Waals surface area contributed by atoms with Crippen LogP contribution >= 0.6 is 0 Å². The Labute approximate surface area is 158 Å². The van der Waals surface area contributed by atoms with E-state index in [9.17, 15) is 14.4 Å². The molecule has 3 amide bonds. The third kappa shape index (κ3) is 5.85. The number of nitrogens with one attached hydrogen (secondary N) is 4. The summed E-state index contributed by atoms with van der Waals surface area (Å²) in [4.78, 5) is 35.3. The lowest BCUT2D eigenvalue weighted by Crippen LogP contribution is -2.24. The lowest BCUT2D eigenvalue weighted by molar-refractivity contribution is -0.115. The van der Waals surface area contributed by atoms with Crippen molar-refractivity contribution in [3.05, 3.63) is 53.6 Å². The Bertz CT molecular complexity index is 849. The van der Waals surface area contributed by atoms with Crippen LogP contribution in [0.2, 0.25) is 0 Å². The molecule has 0 aliphatic rings. The first-order valence-electron chi connectivity index (χ1n) is 8.70. The number of carbonyl (C=O) groups is 3. The minimum Gasteiger partial charge on any atom is -0.376 e. The van der Waals surface area contributed by atoms with E-state index in [1.807, 2.05) is 19.9 Å². The second kappa shape index (κ2) is 9.38. The average Bonchev–Trinajstić information content (AvgIpc) is 2.62. The van der Waals surface area contributed by atoms with Crippen LogP contribution in [0.1, 0.15) is 29.8 Å². The van der Waals surface area contributed by atoms with E-state index in [1.165, 1.54) is 6.92 Å². The maximum absolute atomic E-state index is 12.2. The molecular weight excluding hydrogens is 344 g/mol. The molecule has 7 nitrogen and oxygen atoms in total. The lowest BCUT2D eigenvalue weighted by Gasteiger charge is -2.14. The van der Waals surface area contributed by atoms with Gasteiger partial charge in [0.25, 0.3) is 5.91 Å². The van der Waals surface area contributed by atoms with E-state index < -0.39 is 0 Å². The van der Waals surface area contributed by atoms with Gasteiger partial charge in [-0.2, -0.15) is 0 Å². The number of benzene rings is 2. The van der Waals surface area contributed by atoms with Crippen LogP contribution in [0.3, 0.4) is 0 Å². The van der Waals surface area contributed by atoms with Gasteiger partial charge >= 0.3 is 0 Å². The van der Waals surface area contributed by atoms with Gasteiger partial charge in [0, 0.05) is 36.1 Å². The normalized spacial score (nSPS) is 10.0. The molecule has 0 heterocycles. The smallest absolute Gasteiger partial charge is 0.251 e. The van der Waals surface area contributed by atoms with Crippen molar-refractivity contribution in [1.29, 1.82) is 0 Å². The molecule has 27 heavy (non-hydrogen) atoms. The van der Waals surface area contributed by atoms with E-state index >= 15 is 0 Å². The van der Waals surface area contributed by atoms with Crippen LogP contribution < -0.4 is 21.3 Å². The molecule has 142 valence electrons. The Morgan fingerprint density at radius 2 is 1.67 bits per heavy atom. The number of hydrogen-bond donors (Lipinski definition) is 4. The van der Waals surface area contributed by atoms with Crippen molar-refractivity contribution in [3.8, 4) is 0 Å². The highest BCUT2D eigenvalue weighted by molar-refractivity contribution is 5.98. The zero-order valence-electron chi connectivity index (χ0n) is 15.7. The molecule has 0 radical (unpaired) electrons. The Hall–Kier alpha value is -3.35. The molecule has 0 aromatic heterocycles. The van der Waals surface area contributed by atoms with Gasteiger partial charge in [-0.05, 0) is 49.7 Å². The van der Waals surface area contributed by atoms with Crippen LogP contribution in [0, 0.1) is 6.92 Å². The molecule has 0 saturated heterocycles. The minimum absolute atomic E-state index is 0.0513. The van der Waals surface area contributed by atoms with Crippen LogP contribution in [0.25, 0.3) is 0 Å². The molecule has 0 aliphatic carbocycles. The van der Waals surface area contributed by atoms with Crippen molar-refractivity contribution in [3.63, 3.8) is 0 Å². The summed E-state index contributed by atoms with van der Waals surface area (Å²) in [5.74, 6) is -0.579. The largest absolute Gasteiger partial charge is 0.376 e. The van der Waals surface area contributed by atoms with Gasteiger partial charge in [0.2, 0.25) is 11.8 Å². The maximum Gasteiger partial charge on any atom is 0.251 e. The first-order valence-corrected chi connectivity index (χ1v) is 8.70. The second-order valence-corrected chi connectivity index (χ2v) is 6.00. The Balaban J connectivity index is 1.98. The molecule has 2 aromatic carbocycles. The van der Waals surface area contributed by atoms with E-state index in [-0.39, 0.29) is 24.3 Å². The van der Waals surface area contributed by atoms with Crippen LogP contribution in [-0.2, 0) is 9.59 Å². The van der Waals surface area contributed by atoms with Gasteiger partial charge in [-0.1, -0.05) is 12.1 Å². The number of carbonyl (C=O) groups excluding carboxylic acids is 3. The van der Waals surface area contributed by atoms with Crippen molar-refractivity contribution in [2.24, 2.45) is 0 Å². The highest BCUT2D eigenvalue weighted by Gasteiger charge is 2.09. The fourth-order valence-electron chi connectivity index (χ4n) is 2.53. The molecule has 0 bridgehead atoms. The van der Waals surface area contributed by atoms with Gasteiger partial charge in [-0.3, -0.25) is 14.4 Å². The number of hydrogen-bond acceptors (Lipinski definition) is 4. The zero-order chi connectivity index (χ0) is 19.8. The summed E-state index contributed by atoms with van der Waals surface area (Å²) in [5.41, 5.74) is 3.34. The van der Waals surface area contributed by atoms with Crippen molar-refractivity contribution in [2.45, 2.75) is 20.8 Å². The highest BCUT2D eigenvalue weighted by Crippen LogP contribution is 2.23. The zero-order valence-corrected chi connectivity index (χ0v) is 15.7. The molecule has 7 heteroatoms. The molecular formula is C20H24N4O3. The summed E-state index contributed by atoms with van der Waals surface area (Å²) in [6.07, 6.45) is 0. The van der Waals surface area contributed by atoms with Crippen LogP contribution in [0.4, 0.5) is 17.1 Å². The molecule has 0 atom stereocenters. The summed E-state index contributed by atoms with van der Waals surface area (Å²) in [7, 11) is 0. The first kappa shape index (κ1) is 20.0. The van der Waals surface area contributed by atoms with Gasteiger partial charge in [-0.15, -0.1) is 0 Å². The molecule has 4 N–H and O–H groups in total. The lowest BCUT2D eigenvalue weighted by atomic mass is 10.1. The average molecular weight is 368 g/mol. The Morgan fingerprint density at radius 3 is 2.37 bits per heavy atom. The van der Waals surface area contributed by atoms with Crippen molar-refractivity contribution >= 4 is 34.8 Å². The van der Waals surface area contributed by atoms with Gasteiger partial charge in [0.05, 0.1) is 6.54 Å². The third-order valence-corrected chi connectivity index (χ3v) is 3.83. The minimum atomic E-state index is -0.243. The summed E-state index contributed by atoms with van der Waals surface area (Å²) in [6.45, 7) is 5.74. The number of anilines is 3. The van der Waals surface area contributed by atoms with Crippen molar-refractivity contribution < 1.29 is 14.4 Å². The van der Waals surface area contributed by atoms with Crippen molar-refractivity contribution in [1.82, 2.24) is 5.32 Å².